The summed E-state index contributed by atoms with van der Waals surface area (Å²) in [4.78, 5) is 0. The molecule has 0 bridgehead atoms. The molecule has 0 amide bonds. The molecule has 2 rings (SSSR count). The lowest BCUT2D eigenvalue weighted by molar-refractivity contribution is 0.0504. The predicted octanol–water partition coefficient (Wildman–Crippen LogP) is 2.34. The summed E-state index contributed by atoms with van der Waals surface area (Å²) >= 11 is 11.9. The minimum Gasteiger partial charge on any atom is -0.375 e. The third kappa shape index (κ3) is 4.09. The summed E-state index contributed by atoms with van der Waals surface area (Å²) in [7, 11) is -4.19. The fraction of sp³-hybridized carbons (Fsp3) is 0.538. The molecular formula is C13H17Cl2NO4S. The molecule has 0 aliphatic carbocycles. The molecule has 0 radical (unpaired) electrons. The van der Waals surface area contributed by atoms with Crippen molar-refractivity contribution < 1.29 is 17.7 Å². The van der Waals surface area contributed by atoms with E-state index in [9.17, 15) is 13.0 Å². The standard InChI is InChI=1S/C13H17Cl2NO4S/c1-8(21(17,18)19)13-10(7-16-4-5-20-13)9-2-3-11(14)12(15)6-9/h2-3,6,8,10,13,16H,4-5,7H2,1H3,(H,17,18,19)/t8?,10-,13-/m0/s1. The van der Waals surface area contributed by atoms with Crippen molar-refractivity contribution in [1.29, 1.82) is 0 Å². The Morgan fingerprint density at radius 1 is 1.38 bits per heavy atom. The van der Waals surface area contributed by atoms with Crippen LogP contribution in [0.25, 0.3) is 0 Å². The summed E-state index contributed by atoms with van der Waals surface area (Å²) in [6, 6.07) is 5.16. The van der Waals surface area contributed by atoms with Crippen LogP contribution in [-0.4, -0.2) is 44.0 Å². The van der Waals surface area contributed by atoms with E-state index in [0.717, 1.165) is 5.56 Å². The molecule has 1 aromatic carbocycles. The molecule has 1 aliphatic heterocycles. The highest BCUT2D eigenvalue weighted by atomic mass is 35.5. The monoisotopic (exact) mass is 353 g/mol. The van der Waals surface area contributed by atoms with Gasteiger partial charge in [-0.1, -0.05) is 29.3 Å². The second-order valence-electron chi connectivity index (χ2n) is 5.04. The van der Waals surface area contributed by atoms with Gasteiger partial charge in [-0.05, 0) is 24.6 Å². The van der Waals surface area contributed by atoms with Crippen LogP contribution in [0.2, 0.25) is 10.0 Å². The first-order chi connectivity index (χ1) is 9.80. The Labute approximate surface area is 134 Å². The minimum atomic E-state index is -4.19. The van der Waals surface area contributed by atoms with Crippen molar-refractivity contribution in [2.45, 2.75) is 24.2 Å². The zero-order valence-corrected chi connectivity index (χ0v) is 13.7. The fourth-order valence-corrected chi connectivity index (χ4v) is 3.35. The molecule has 1 saturated heterocycles. The molecule has 5 nitrogen and oxygen atoms in total. The fourth-order valence-electron chi connectivity index (χ4n) is 2.44. The Hall–Kier alpha value is -0.370. The summed E-state index contributed by atoms with van der Waals surface area (Å²) in [6.45, 7) is 2.97. The van der Waals surface area contributed by atoms with Crippen LogP contribution < -0.4 is 5.32 Å². The van der Waals surface area contributed by atoms with Gasteiger partial charge in [0.15, 0.2) is 0 Å². The first-order valence-electron chi connectivity index (χ1n) is 6.54. The lowest BCUT2D eigenvalue weighted by Crippen LogP contribution is -2.39. The topological polar surface area (TPSA) is 75.6 Å². The van der Waals surface area contributed by atoms with Gasteiger partial charge in [0.05, 0.1) is 22.8 Å². The molecule has 1 heterocycles. The van der Waals surface area contributed by atoms with E-state index in [0.29, 0.717) is 29.7 Å². The first-order valence-corrected chi connectivity index (χ1v) is 8.80. The Bertz CT molecular complexity index is 608. The zero-order chi connectivity index (χ0) is 15.6. The highest BCUT2D eigenvalue weighted by Crippen LogP contribution is 2.32. The van der Waals surface area contributed by atoms with Crippen molar-refractivity contribution in [1.82, 2.24) is 5.32 Å². The molecule has 2 N–H and O–H groups in total. The van der Waals surface area contributed by atoms with Crippen LogP contribution in [0.5, 0.6) is 0 Å². The van der Waals surface area contributed by atoms with E-state index < -0.39 is 21.5 Å². The quantitative estimate of drug-likeness (QED) is 0.815. The number of nitrogens with one attached hydrogen (secondary N) is 1. The van der Waals surface area contributed by atoms with E-state index in [4.69, 9.17) is 27.9 Å². The first kappa shape index (κ1) is 17.0. The summed E-state index contributed by atoms with van der Waals surface area (Å²) in [6.07, 6.45) is -0.660. The summed E-state index contributed by atoms with van der Waals surface area (Å²) in [5.74, 6) is -0.251. The van der Waals surface area contributed by atoms with Gasteiger partial charge in [-0.15, -0.1) is 0 Å². The molecule has 118 valence electrons. The van der Waals surface area contributed by atoms with Gasteiger partial charge in [-0.3, -0.25) is 4.55 Å². The van der Waals surface area contributed by atoms with E-state index >= 15 is 0 Å². The zero-order valence-electron chi connectivity index (χ0n) is 11.4. The average molecular weight is 354 g/mol. The highest BCUT2D eigenvalue weighted by molar-refractivity contribution is 7.86. The Balaban J connectivity index is 2.37. The Morgan fingerprint density at radius 3 is 2.71 bits per heavy atom. The van der Waals surface area contributed by atoms with Gasteiger partial charge in [0, 0.05) is 19.0 Å². The van der Waals surface area contributed by atoms with Gasteiger partial charge in [0.2, 0.25) is 0 Å². The van der Waals surface area contributed by atoms with E-state index in [2.05, 4.69) is 5.32 Å². The maximum absolute atomic E-state index is 11.4. The molecule has 1 aromatic rings. The van der Waals surface area contributed by atoms with E-state index in [-0.39, 0.29) is 5.92 Å². The second kappa shape index (κ2) is 6.81. The van der Waals surface area contributed by atoms with Crippen LogP contribution >= 0.6 is 23.2 Å². The number of ether oxygens (including phenoxy) is 1. The normalized spacial score (nSPS) is 25.3. The van der Waals surface area contributed by atoms with Gasteiger partial charge in [0.1, 0.15) is 5.25 Å². The molecule has 0 spiro atoms. The Kier molecular flexibility index (Phi) is 5.51. The smallest absolute Gasteiger partial charge is 0.270 e. The van der Waals surface area contributed by atoms with E-state index in [1.54, 1.807) is 18.2 Å². The van der Waals surface area contributed by atoms with Gasteiger partial charge >= 0.3 is 0 Å². The highest BCUT2D eigenvalue weighted by Gasteiger charge is 2.36. The predicted molar refractivity (Wildman–Crippen MR) is 82.8 cm³/mol. The van der Waals surface area contributed by atoms with Crippen molar-refractivity contribution in [2.75, 3.05) is 19.7 Å². The van der Waals surface area contributed by atoms with Crippen molar-refractivity contribution in [3.05, 3.63) is 33.8 Å². The number of hydrogen-bond donors (Lipinski definition) is 2. The number of hydrogen-bond acceptors (Lipinski definition) is 4. The minimum absolute atomic E-state index is 0.251. The number of benzene rings is 1. The van der Waals surface area contributed by atoms with Crippen LogP contribution in [-0.2, 0) is 14.9 Å². The summed E-state index contributed by atoms with van der Waals surface area (Å²) in [5, 5.41) is 2.99. The van der Waals surface area contributed by atoms with Crippen molar-refractivity contribution in [3.63, 3.8) is 0 Å². The number of halogens is 2. The molecule has 3 atom stereocenters. The molecule has 1 aliphatic rings. The molecule has 1 unspecified atom stereocenters. The van der Waals surface area contributed by atoms with Gasteiger partial charge in [0.25, 0.3) is 10.1 Å². The van der Waals surface area contributed by atoms with Gasteiger partial charge in [-0.25, -0.2) is 0 Å². The van der Waals surface area contributed by atoms with E-state index in [1.807, 2.05) is 0 Å². The Morgan fingerprint density at radius 2 is 2.10 bits per heavy atom. The van der Waals surface area contributed by atoms with Crippen LogP contribution in [0.4, 0.5) is 0 Å². The van der Waals surface area contributed by atoms with Crippen molar-refractivity contribution >= 4 is 33.3 Å². The van der Waals surface area contributed by atoms with Crippen molar-refractivity contribution in [2.24, 2.45) is 0 Å². The summed E-state index contributed by atoms with van der Waals surface area (Å²) in [5.41, 5.74) is 0.819. The van der Waals surface area contributed by atoms with Crippen molar-refractivity contribution in [3.8, 4) is 0 Å². The third-order valence-electron chi connectivity index (χ3n) is 3.65. The lowest BCUT2D eigenvalue weighted by atomic mass is 9.91. The van der Waals surface area contributed by atoms with Crippen LogP contribution in [0.3, 0.4) is 0 Å². The third-order valence-corrected chi connectivity index (χ3v) is 5.60. The van der Waals surface area contributed by atoms with Gasteiger partial charge < -0.3 is 10.1 Å². The molecule has 1 fully saturated rings. The number of rotatable bonds is 3. The SMILES string of the molecule is CC([C@@H]1OCCNC[C@H]1c1ccc(Cl)c(Cl)c1)S(=O)(=O)O. The second-order valence-corrected chi connectivity index (χ2v) is 7.63. The van der Waals surface area contributed by atoms with Crippen LogP contribution in [0.1, 0.15) is 18.4 Å². The summed E-state index contributed by atoms with van der Waals surface area (Å²) < 4.78 is 37.9. The molecule has 0 saturated carbocycles. The molecule has 8 heteroatoms. The maximum Gasteiger partial charge on any atom is 0.270 e. The van der Waals surface area contributed by atoms with E-state index in [1.165, 1.54) is 6.92 Å². The average Bonchev–Trinajstić information content (AvgIpc) is 2.65. The van der Waals surface area contributed by atoms with Crippen LogP contribution in [0.15, 0.2) is 18.2 Å². The lowest BCUT2D eigenvalue weighted by Gasteiger charge is -2.28. The largest absolute Gasteiger partial charge is 0.375 e. The van der Waals surface area contributed by atoms with Gasteiger partial charge in [-0.2, -0.15) is 8.42 Å². The molecule has 21 heavy (non-hydrogen) atoms. The van der Waals surface area contributed by atoms with Crippen LogP contribution in [0, 0.1) is 0 Å². The maximum atomic E-state index is 11.4. The molecular weight excluding hydrogens is 337 g/mol. The molecule has 0 aromatic heterocycles.